The topological polar surface area (TPSA) is 134 Å². The Balaban J connectivity index is 3.93. The van der Waals surface area contributed by atoms with Gasteiger partial charge in [0.25, 0.3) is 0 Å². The van der Waals surface area contributed by atoms with Gasteiger partial charge in [-0.05, 0) is 51.4 Å². The minimum absolute atomic E-state index is 0.0548. The van der Waals surface area contributed by atoms with Gasteiger partial charge >= 0.3 is 19.8 Å². The summed E-state index contributed by atoms with van der Waals surface area (Å²) in [7, 11) is -4.38. The molecule has 10 heteroatoms. The average Bonchev–Trinajstić information content (AvgIpc) is 3.27. The number of unbranched alkanes of at least 4 members (excludes halogenated alkanes) is 31. The molecule has 2 unspecified atom stereocenters. The summed E-state index contributed by atoms with van der Waals surface area (Å²) in [4.78, 5) is 35.0. The lowest BCUT2D eigenvalue weighted by Crippen LogP contribution is -2.29. The first-order chi connectivity index (χ1) is 30.8. The summed E-state index contributed by atoms with van der Waals surface area (Å²) in [6.45, 7) is 3.75. The second kappa shape index (κ2) is 49.7. The number of carbonyl (C=O) groups is 2. The predicted molar refractivity (Wildman–Crippen MR) is 266 cm³/mol. The maximum atomic E-state index is 12.7. The van der Waals surface area contributed by atoms with Crippen molar-refractivity contribution in [3.63, 3.8) is 0 Å². The molecule has 0 aromatic heterocycles. The summed E-state index contributed by atoms with van der Waals surface area (Å²) >= 11 is 0. The monoisotopic (exact) mass is 910 g/mol. The van der Waals surface area contributed by atoms with Crippen molar-refractivity contribution < 1.29 is 37.6 Å². The van der Waals surface area contributed by atoms with Crippen LogP contribution in [0.4, 0.5) is 0 Å². The minimum atomic E-state index is -4.38. The zero-order valence-electron chi connectivity index (χ0n) is 41.1. The molecule has 0 bridgehead atoms. The molecular weight excluding hydrogens is 810 g/mol. The van der Waals surface area contributed by atoms with Crippen LogP contribution in [0.1, 0.15) is 258 Å². The second-order valence-corrected chi connectivity index (χ2v) is 19.2. The van der Waals surface area contributed by atoms with E-state index in [4.69, 9.17) is 24.3 Å². The molecule has 63 heavy (non-hydrogen) atoms. The first-order valence-electron chi connectivity index (χ1n) is 26.5. The molecule has 0 aromatic rings. The van der Waals surface area contributed by atoms with E-state index < -0.39 is 26.5 Å². The normalized spacial score (nSPS) is 13.4. The zero-order chi connectivity index (χ0) is 46.0. The van der Waals surface area contributed by atoms with Gasteiger partial charge in [-0.25, -0.2) is 4.57 Å². The van der Waals surface area contributed by atoms with Gasteiger partial charge in [0.1, 0.15) is 6.61 Å². The van der Waals surface area contributed by atoms with E-state index in [-0.39, 0.29) is 38.6 Å². The third kappa shape index (κ3) is 49.5. The molecule has 0 aliphatic rings. The van der Waals surface area contributed by atoms with Gasteiger partial charge in [-0.15, -0.1) is 0 Å². The summed E-state index contributed by atoms with van der Waals surface area (Å²) in [5, 5.41) is 0. The number of phosphoric ester groups is 1. The van der Waals surface area contributed by atoms with Crippen molar-refractivity contribution >= 4 is 19.8 Å². The van der Waals surface area contributed by atoms with Crippen LogP contribution in [0.3, 0.4) is 0 Å². The Hall–Kier alpha value is -1.77. The van der Waals surface area contributed by atoms with Crippen molar-refractivity contribution in [2.24, 2.45) is 5.73 Å². The third-order valence-corrected chi connectivity index (χ3v) is 12.5. The number of allylic oxidation sites excluding steroid dienone is 6. The van der Waals surface area contributed by atoms with E-state index in [1.807, 2.05) is 0 Å². The third-order valence-electron chi connectivity index (χ3n) is 11.5. The number of phosphoric acid groups is 1. The van der Waals surface area contributed by atoms with Crippen LogP contribution in [0, 0.1) is 0 Å². The first kappa shape index (κ1) is 61.2. The summed E-state index contributed by atoms with van der Waals surface area (Å²) in [6.07, 6.45) is 57.6. The molecule has 0 aromatic carbocycles. The number of hydrogen-bond donors (Lipinski definition) is 2. The molecule has 0 spiro atoms. The molecule has 370 valence electrons. The SMILES string of the molecule is CCCCCCC/C=C\C/C=C\C/C=C\CCCCCCCCCCCCCCCCC(=O)OC(COC(=O)CCCCCCCCCCCCCCC)COP(=O)(O)OCCN. The first-order valence-corrected chi connectivity index (χ1v) is 28.0. The van der Waals surface area contributed by atoms with E-state index >= 15 is 0 Å². The summed E-state index contributed by atoms with van der Waals surface area (Å²) in [5.41, 5.74) is 5.36. The Morgan fingerprint density at radius 1 is 0.476 bits per heavy atom. The Labute approximate surface area is 388 Å². The highest BCUT2D eigenvalue weighted by Gasteiger charge is 2.26. The van der Waals surface area contributed by atoms with E-state index in [9.17, 15) is 19.0 Å². The van der Waals surface area contributed by atoms with Crippen molar-refractivity contribution in [2.45, 2.75) is 264 Å². The lowest BCUT2D eigenvalue weighted by atomic mass is 10.0. The Morgan fingerprint density at radius 2 is 0.825 bits per heavy atom. The summed E-state index contributed by atoms with van der Waals surface area (Å²) < 4.78 is 32.9. The molecule has 9 nitrogen and oxygen atoms in total. The highest BCUT2D eigenvalue weighted by molar-refractivity contribution is 7.47. The van der Waals surface area contributed by atoms with Crippen LogP contribution in [-0.2, 0) is 32.7 Å². The predicted octanol–water partition coefficient (Wildman–Crippen LogP) is 16.1. The quantitative estimate of drug-likeness (QED) is 0.0265. The molecule has 0 saturated heterocycles. The van der Waals surface area contributed by atoms with Gasteiger partial charge in [-0.1, -0.05) is 230 Å². The van der Waals surface area contributed by atoms with Crippen molar-refractivity contribution in [1.82, 2.24) is 0 Å². The maximum absolute atomic E-state index is 12.7. The van der Waals surface area contributed by atoms with Gasteiger partial charge in [0.15, 0.2) is 6.10 Å². The van der Waals surface area contributed by atoms with Crippen molar-refractivity contribution in [2.75, 3.05) is 26.4 Å². The largest absolute Gasteiger partial charge is 0.472 e. The average molecular weight is 910 g/mol. The Morgan fingerprint density at radius 3 is 1.22 bits per heavy atom. The van der Waals surface area contributed by atoms with Gasteiger partial charge in [-0.2, -0.15) is 0 Å². The Bertz CT molecular complexity index is 1130. The lowest BCUT2D eigenvalue weighted by Gasteiger charge is -2.19. The van der Waals surface area contributed by atoms with Crippen LogP contribution in [-0.4, -0.2) is 49.3 Å². The van der Waals surface area contributed by atoms with E-state index in [0.717, 1.165) is 51.4 Å². The van der Waals surface area contributed by atoms with Crippen molar-refractivity contribution in [1.29, 1.82) is 0 Å². The van der Waals surface area contributed by atoms with Crippen LogP contribution >= 0.6 is 7.82 Å². The van der Waals surface area contributed by atoms with Gasteiger partial charge in [0.05, 0.1) is 13.2 Å². The number of esters is 2. The van der Waals surface area contributed by atoms with Crippen LogP contribution in [0.2, 0.25) is 0 Å². The molecule has 0 fully saturated rings. The molecule has 0 rings (SSSR count). The fraction of sp³-hybridized carbons (Fsp3) is 0.849. The van der Waals surface area contributed by atoms with Crippen LogP contribution in [0.5, 0.6) is 0 Å². The van der Waals surface area contributed by atoms with Crippen LogP contribution in [0.15, 0.2) is 36.5 Å². The molecule has 0 aliphatic carbocycles. The lowest BCUT2D eigenvalue weighted by molar-refractivity contribution is -0.161. The smallest absolute Gasteiger partial charge is 0.462 e. The zero-order valence-corrected chi connectivity index (χ0v) is 42.0. The Kier molecular flexibility index (Phi) is 48.3. The van der Waals surface area contributed by atoms with Gasteiger partial charge < -0.3 is 20.1 Å². The number of carbonyl (C=O) groups excluding carboxylic acids is 2. The van der Waals surface area contributed by atoms with Crippen LogP contribution in [0.25, 0.3) is 0 Å². The van der Waals surface area contributed by atoms with E-state index in [0.29, 0.717) is 6.42 Å². The molecule has 3 N–H and O–H groups in total. The van der Waals surface area contributed by atoms with Gasteiger partial charge in [0.2, 0.25) is 0 Å². The van der Waals surface area contributed by atoms with E-state index in [1.54, 1.807) is 0 Å². The molecule has 0 aliphatic heterocycles. The summed E-state index contributed by atoms with van der Waals surface area (Å²) in [6, 6.07) is 0. The van der Waals surface area contributed by atoms with Crippen molar-refractivity contribution in [3.8, 4) is 0 Å². The summed E-state index contributed by atoms with van der Waals surface area (Å²) in [5.74, 6) is -0.818. The highest BCUT2D eigenvalue weighted by atomic mass is 31.2. The molecule has 2 atom stereocenters. The molecular formula is C53H100NO8P. The van der Waals surface area contributed by atoms with E-state index in [2.05, 4.69) is 50.3 Å². The fourth-order valence-corrected chi connectivity index (χ4v) is 8.35. The van der Waals surface area contributed by atoms with Crippen LogP contribution < -0.4 is 5.73 Å². The number of ether oxygens (including phenoxy) is 2. The maximum Gasteiger partial charge on any atom is 0.472 e. The standard InChI is InChI=1S/C53H100NO8P/c1-3-5-7-9-11-13-15-17-18-19-20-21-22-23-24-25-26-27-28-29-30-31-32-34-36-38-40-42-44-46-53(56)62-51(50-61-63(57,58)60-48-47-54)49-59-52(55)45-43-41-39-37-35-33-16-14-12-10-8-6-4-2/h15,17,19-20,22-23,51H,3-14,16,18,21,24-50,54H2,1-2H3,(H,57,58)/b17-15-,20-19-,23-22-. The fourth-order valence-electron chi connectivity index (χ4n) is 7.59. The number of rotatable bonds is 50. The van der Waals surface area contributed by atoms with Gasteiger partial charge in [-0.3, -0.25) is 18.6 Å². The number of hydrogen-bond acceptors (Lipinski definition) is 8. The van der Waals surface area contributed by atoms with E-state index in [1.165, 1.54) is 173 Å². The minimum Gasteiger partial charge on any atom is -0.462 e. The number of nitrogens with two attached hydrogens (primary N) is 1. The van der Waals surface area contributed by atoms with Gasteiger partial charge in [0, 0.05) is 19.4 Å². The highest BCUT2D eigenvalue weighted by Crippen LogP contribution is 2.43. The molecule has 0 heterocycles. The molecule has 0 saturated carbocycles. The molecule has 0 amide bonds. The second-order valence-electron chi connectivity index (χ2n) is 17.8. The van der Waals surface area contributed by atoms with Crippen molar-refractivity contribution in [3.05, 3.63) is 36.5 Å². The molecule has 0 radical (unpaired) electrons.